The van der Waals surface area contributed by atoms with E-state index in [4.69, 9.17) is 19.5 Å². The van der Waals surface area contributed by atoms with E-state index in [1.54, 1.807) is 31.2 Å². The van der Waals surface area contributed by atoms with Gasteiger partial charge in [0.1, 0.15) is 5.75 Å². The van der Waals surface area contributed by atoms with E-state index < -0.39 is 5.97 Å². The van der Waals surface area contributed by atoms with E-state index in [2.05, 4.69) is 21.3 Å². The smallest absolute Gasteiger partial charge is 0.364 e. The van der Waals surface area contributed by atoms with Gasteiger partial charge in [-0.2, -0.15) is 10.2 Å². The second kappa shape index (κ2) is 11.3. The number of hydrogen-bond donors (Lipinski definition) is 0. The average molecular weight is 459 g/mol. The summed E-state index contributed by atoms with van der Waals surface area (Å²) in [4.78, 5) is 17.0. The minimum atomic E-state index is -0.648. The number of aromatic nitrogens is 3. The predicted molar refractivity (Wildman–Crippen MR) is 123 cm³/mol. The summed E-state index contributed by atoms with van der Waals surface area (Å²) in [5.41, 5.74) is 1.56. The molecule has 0 saturated heterocycles. The van der Waals surface area contributed by atoms with Gasteiger partial charge >= 0.3 is 5.97 Å². The third-order valence-electron chi connectivity index (χ3n) is 5.66. The van der Waals surface area contributed by atoms with E-state index in [1.165, 1.54) is 0 Å². The molecule has 8 nitrogen and oxygen atoms in total. The van der Waals surface area contributed by atoms with E-state index >= 15 is 0 Å². The summed E-state index contributed by atoms with van der Waals surface area (Å²) in [6.45, 7) is 2.47. The van der Waals surface area contributed by atoms with Gasteiger partial charge in [0.2, 0.25) is 5.69 Å². The molecular formula is C26H26N4O4. The molecule has 0 radical (unpaired) electrons. The molecule has 1 aromatic heterocycles. The first-order valence-corrected chi connectivity index (χ1v) is 11.4. The molecule has 3 aromatic rings. The maximum Gasteiger partial charge on any atom is 0.364 e. The van der Waals surface area contributed by atoms with Gasteiger partial charge in [-0.25, -0.2) is 4.79 Å². The summed E-state index contributed by atoms with van der Waals surface area (Å²) in [6.07, 6.45) is 3.73. The van der Waals surface area contributed by atoms with Crippen molar-refractivity contribution in [1.82, 2.24) is 15.2 Å². The summed E-state index contributed by atoms with van der Waals surface area (Å²) in [5, 5.41) is 17.4. The average Bonchev–Trinajstić information content (AvgIpc) is 2.89. The Morgan fingerprint density at radius 3 is 2.62 bits per heavy atom. The predicted octanol–water partition coefficient (Wildman–Crippen LogP) is 4.96. The van der Waals surface area contributed by atoms with Crippen molar-refractivity contribution in [2.45, 2.75) is 51.2 Å². The Hall–Kier alpha value is -3.83. The zero-order chi connectivity index (χ0) is 23.8. The van der Waals surface area contributed by atoms with Crippen LogP contribution in [-0.2, 0) is 16.1 Å². The zero-order valence-corrected chi connectivity index (χ0v) is 19.0. The molecule has 1 fully saturated rings. The molecule has 1 heterocycles. The third kappa shape index (κ3) is 5.94. The summed E-state index contributed by atoms with van der Waals surface area (Å²) in [5.74, 6) is 0.390. The maximum absolute atomic E-state index is 12.4. The number of nitriles is 1. The number of carbonyl (C=O) groups is 1. The quantitative estimate of drug-likeness (QED) is 0.436. The highest BCUT2D eigenvalue weighted by Crippen LogP contribution is 2.34. The lowest BCUT2D eigenvalue weighted by Gasteiger charge is -2.28. The number of esters is 1. The number of hydrogen-bond acceptors (Lipinski definition) is 8. The Bertz CT molecular complexity index is 1150. The summed E-state index contributed by atoms with van der Waals surface area (Å²) >= 11 is 0. The molecule has 34 heavy (non-hydrogen) atoms. The Balaban J connectivity index is 1.51. The molecule has 0 bridgehead atoms. The lowest BCUT2D eigenvalue weighted by atomic mass is 9.86. The largest absolute Gasteiger partial charge is 0.461 e. The molecule has 1 saturated carbocycles. The molecule has 0 spiro atoms. The SMILES string of the molecule is CCOC(=O)c1nnc(C2CCCC(OCc3ccccc3)C2)nc1Oc1ccc(C#N)cc1. The van der Waals surface area contributed by atoms with Crippen LogP contribution in [0.25, 0.3) is 0 Å². The molecule has 0 N–H and O–H groups in total. The van der Waals surface area contributed by atoms with E-state index in [-0.39, 0.29) is 30.2 Å². The third-order valence-corrected chi connectivity index (χ3v) is 5.66. The second-order valence-electron chi connectivity index (χ2n) is 8.06. The van der Waals surface area contributed by atoms with Gasteiger partial charge in [-0.3, -0.25) is 0 Å². The van der Waals surface area contributed by atoms with Crippen LogP contribution in [0.3, 0.4) is 0 Å². The van der Waals surface area contributed by atoms with Crippen LogP contribution in [-0.4, -0.2) is 33.9 Å². The van der Waals surface area contributed by atoms with E-state index in [9.17, 15) is 4.79 Å². The Kier molecular flexibility index (Phi) is 7.79. The van der Waals surface area contributed by atoms with Crippen molar-refractivity contribution in [2.24, 2.45) is 0 Å². The van der Waals surface area contributed by atoms with Crippen molar-refractivity contribution < 1.29 is 19.0 Å². The van der Waals surface area contributed by atoms with Crippen molar-refractivity contribution in [3.05, 3.63) is 77.2 Å². The molecule has 174 valence electrons. The minimum absolute atomic E-state index is 0.0421. The van der Waals surface area contributed by atoms with E-state index in [0.29, 0.717) is 23.7 Å². The number of benzene rings is 2. The van der Waals surface area contributed by atoms with Crippen molar-refractivity contribution in [1.29, 1.82) is 5.26 Å². The van der Waals surface area contributed by atoms with Crippen molar-refractivity contribution in [3.63, 3.8) is 0 Å². The van der Waals surface area contributed by atoms with Crippen LogP contribution in [0.2, 0.25) is 0 Å². The van der Waals surface area contributed by atoms with Crippen LogP contribution in [0.1, 0.15) is 66.0 Å². The van der Waals surface area contributed by atoms with Crippen molar-refractivity contribution in [2.75, 3.05) is 6.61 Å². The Morgan fingerprint density at radius 1 is 1.09 bits per heavy atom. The fraction of sp³-hybridized carbons (Fsp3) is 0.346. The Morgan fingerprint density at radius 2 is 1.88 bits per heavy atom. The highest BCUT2D eigenvalue weighted by molar-refractivity contribution is 5.89. The van der Waals surface area contributed by atoms with E-state index in [0.717, 1.165) is 31.2 Å². The van der Waals surface area contributed by atoms with Crippen LogP contribution in [0, 0.1) is 11.3 Å². The molecule has 2 aromatic carbocycles. The maximum atomic E-state index is 12.4. The lowest BCUT2D eigenvalue weighted by Crippen LogP contribution is -2.24. The zero-order valence-electron chi connectivity index (χ0n) is 19.0. The first-order valence-electron chi connectivity index (χ1n) is 11.4. The summed E-state index contributed by atoms with van der Waals surface area (Å²) < 4.78 is 17.1. The standard InChI is InChI=1S/C26H26N4O4/c1-2-32-26(31)23-25(34-21-13-11-18(16-27)12-14-21)28-24(30-29-23)20-9-6-10-22(15-20)33-17-19-7-4-3-5-8-19/h3-5,7-8,11-14,20,22H,2,6,9-10,15,17H2,1H3. The molecule has 8 heteroatoms. The molecular weight excluding hydrogens is 432 g/mol. The van der Waals surface area contributed by atoms with Crippen LogP contribution in [0.15, 0.2) is 54.6 Å². The van der Waals surface area contributed by atoms with Gasteiger partial charge in [-0.1, -0.05) is 36.8 Å². The van der Waals surface area contributed by atoms with Crippen LogP contribution < -0.4 is 4.74 Å². The van der Waals surface area contributed by atoms with Gasteiger partial charge < -0.3 is 14.2 Å². The van der Waals surface area contributed by atoms with Crippen molar-refractivity contribution in [3.8, 4) is 17.7 Å². The fourth-order valence-corrected chi connectivity index (χ4v) is 3.92. The number of nitrogens with zero attached hydrogens (tertiary/aromatic N) is 4. The monoisotopic (exact) mass is 458 g/mol. The first kappa shape index (κ1) is 23.3. The van der Waals surface area contributed by atoms with Gasteiger partial charge in [0.15, 0.2) is 5.82 Å². The second-order valence-corrected chi connectivity index (χ2v) is 8.06. The number of ether oxygens (including phenoxy) is 3. The van der Waals surface area contributed by atoms with Crippen LogP contribution in [0.5, 0.6) is 11.6 Å². The Labute approximate surface area is 198 Å². The highest BCUT2D eigenvalue weighted by Gasteiger charge is 2.29. The molecule has 0 aliphatic heterocycles. The fourth-order valence-electron chi connectivity index (χ4n) is 3.92. The van der Waals surface area contributed by atoms with Gasteiger partial charge in [0.25, 0.3) is 5.88 Å². The first-order chi connectivity index (χ1) is 16.7. The highest BCUT2D eigenvalue weighted by atomic mass is 16.5. The molecule has 0 amide bonds. The molecule has 4 rings (SSSR count). The van der Waals surface area contributed by atoms with Gasteiger partial charge in [-0.15, -0.1) is 10.2 Å². The summed E-state index contributed by atoms with van der Waals surface area (Å²) in [7, 11) is 0. The minimum Gasteiger partial charge on any atom is -0.461 e. The molecule has 1 aliphatic rings. The number of rotatable bonds is 8. The van der Waals surface area contributed by atoms with Crippen LogP contribution in [0.4, 0.5) is 0 Å². The van der Waals surface area contributed by atoms with Gasteiger partial charge in [0.05, 0.1) is 31.0 Å². The summed E-state index contributed by atoms with van der Waals surface area (Å²) in [6, 6.07) is 18.7. The van der Waals surface area contributed by atoms with Crippen LogP contribution >= 0.6 is 0 Å². The van der Waals surface area contributed by atoms with Crippen molar-refractivity contribution >= 4 is 5.97 Å². The van der Waals surface area contributed by atoms with E-state index in [1.807, 2.05) is 30.3 Å². The topological polar surface area (TPSA) is 107 Å². The molecule has 2 atom stereocenters. The van der Waals surface area contributed by atoms with Gasteiger partial charge in [-0.05, 0) is 56.0 Å². The van der Waals surface area contributed by atoms with Gasteiger partial charge in [0, 0.05) is 5.92 Å². The molecule has 2 unspecified atom stereocenters. The molecule has 1 aliphatic carbocycles. The number of carbonyl (C=O) groups excluding carboxylic acids is 1. The lowest BCUT2D eigenvalue weighted by molar-refractivity contribution is 0.0105. The normalized spacial score (nSPS) is 17.5.